The molecule has 2 aliphatic heterocycles. The summed E-state index contributed by atoms with van der Waals surface area (Å²) >= 11 is 0. The van der Waals surface area contributed by atoms with E-state index in [1.165, 1.54) is 48.3 Å². The second-order valence-corrected chi connectivity index (χ2v) is 9.93. The first-order valence-corrected chi connectivity index (χ1v) is 11.2. The fourth-order valence-electron chi connectivity index (χ4n) is 4.65. The summed E-state index contributed by atoms with van der Waals surface area (Å²) in [6.45, 7) is 12.8. The molecule has 1 unspecified atom stereocenters. The molecule has 0 bridgehead atoms. The Bertz CT molecular complexity index is 804. The van der Waals surface area contributed by atoms with Crippen molar-refractivity contribution in [3.8, 4) is 0 Å². The largest absolute Gasteiger partial charge is 0.379 e. The normalized spacial score (nSPS) is 18.2. The highest BCUT2D eigenvalue weighted by molar-refractivity contribution is 5.58. The molecule has 1 fully saturated rings. The zero-order valence-corrected chi connectivity index (χ0v) is 18.4. The quantitative estimate of drug-likeness (QED) is 0.678. The van der Waals surface area contributed by atoms with E-state index >= 15 is 0 Å². The molecular weight excluding hydrogens is 356 g/mol. The van der Waals surface area contributed by atoms with Crippen molar-refractivity contribution in [1.29, 1.82) is 0 Å². The van der Waals surface area contributed by atoms with Crippen molar-refractivity contribution in [2.75, 3.05) is 37.7 Å². The molecule has 2 aromatic rings. The zero-order chi connectivity index (χ0) is 20.3. The molecule has 0 saturated carbocycles. The van der Waals surface area contributed by atoms with E-state index in [0.717, 1.165) is 32.7 Å². The van der Waals surface area contributed by atoms with Crippen LogP contribution in [-0.2, 0) is 17.7 Å². The highest BCUT2D eigenvalue weighted by Gasteiger charge is 2.27. The van der Waals surface area contributed by atoms with Crippen LogP contribution >= 0.6 is 0 Å². The van der Waals surface area contributed by atoms with Crippen LogP contribution in [0.1, 0.15) is 50.3 Å². The number of anilines is 1. The van der Waals surface area contributed by atoms with Gasteiger partial charge in [-0.2, -0.15) is 0 Å². The van der Waals surface area contributed by atoms with Gasteiger partial charge in [0.05, 0.1) is 19.3 Å². The standard InChI is InChI=1S/C26H36N2O/c1-26(2,3)20-29-19-24(27-14-8-9-15-27)18-28-17-23-12-5-4-10-21(23)16-22-11-6-7-13-25(22)28/h4-7,10-13,24H,8-9,14-20H2,1-3H3. The summed E-state index contributed by atoms with van der Waals surface area (Å²) in [4.78, 5) is 5.26. The van der Waals surface area contributed by atoms with Crippen LogP contribution in [0.25, 0.3) is 0 Å². The lowest BCUT2D eigenvalue weighted by molar-refractivity contribution is 0.0318. The number of rotatable bonds is 6. The van der Waals surface area contributed by atoms with Crippen LogP contribution in [0, 0.1) is 5.41 Å². The third kappa shape index (κ3) is 5.21. The van der Waals surface area contributed by atoms with Crippen molar-refractivity contribution in [3.05, 3.63) is 65.2 Å². The van der Waals surface area contributed by atoms with Gasteiger partial charge in [-0.1, -0.05) is 63.2 Å². The zero-order valence-electron chi connectivity index (χ0n) is 18.4. The molecule has 156 valence electrons. The van der Waals surface area contributed by atoms with E-state index in [4.69, 9.17) is 4.74 Å². The van der Waals surface area contributed by atoms with Crippen LogP contribution in [0.15, 0.2) is 48.5 Å². The highest BCUT2D eigenvalue weighted by atomic mass is 16.5. The molecular formula is C26H36N2O. The van der Waals surface area contributed by atoms with Crippen molar-refractivity contribution >= 4 is 5.69 Å². The first-order valence-electron chi connectivity index (χ1n) is 11.2. The first-order chi connectivity index (χ1) is 14.0. The van der Waals surface area contributed by atoms with Gasteiger partial charge < -0.3 is 9.64 Å². The Kier molecular flexibility index (Phi) is 6.26. The topological polar surface area (TPSA) is 15.7 Å². The van der Waals surface area contributed by atoms with Gasteiger partial charge in [0.25, 0.3) is 0 Å². The molecule has 0 radical (unpaired) electrons. The Balaban J connectivity index is 1.56. The summed E-state index contributed by atoms with van der Waals surface area (Å²) in [7, 11) is 0. The SMILES string of the molecule is CC(C)(C)COCC(CN1Cc2ccccc2Cc2ccccc21)N1CCCC1. The molecule has 1 atom stereocenters. The van der Waals surface area contributed by atoms with Crippen LogP contribution in [0.3, 0.4) is 0 Å². The van der Waals surface area contributed by atoms with Gasteiger partial charge in [0.2, 0.25) is 0 Å². The highest BCUT2D eigenvalue weighted by Crippen LogP contribution is 2.31. The summed E-state index contributed by atoms with van der Waals surface area (Å²) in [5, 5.41) is 0. The molecule has 3 nitrogen and oxygen atoms in total. The Morgan fingerprint density at radius 1 is 0.897 bits per heavy atom. The van der Waals surface area contributed by atoms with Gasteiger partial charge in [0.1, 0.15) is 0 Å². The maximum atomic E-state index is 6.23. The van der Waals surface area contributed by atoms with Crippen molar-refractivity contribution in [2.45, 2.75) is 52.6 Å². The summed E-state index contributed by atoms with van der Waals surface area (Å²) in [5.74, 6) is 0. The van der Waals surface area contributed by atoms with Crippen LogP contribution < -0.4 is 4.90 Å². The smallest absolute Gasteiger partial charge is 0.0639 e. The fraction of sp³-hybridized carbons (Fsp3) is 0.538. The maximum Gasteiger partial charge on any atom is 0.0639 e. The van der Waals surface area contributed by atoms with Gasteiger partial charge in [0, 0.05) is 18.8 Å². The molecule has 4 rings (SSSR count). The van der Waals surface area contributed by atoms with E-state index in [9.17, 15) is 0 Å². The minimum atomic E-state index is 0.212. The Morgan fingerprint density at radius 2 is 1.55 bits per heavy atom. The number of nitrogens with zero attached hydrogens (tertiary/aromatic N) is 2. The number of likely N-dealkylation sites (tertiary alicyclic amines) is 1. The summed E-state index contributed by atoms with van der Waals surface area (Å²) < 4.78 is 6.23. The van der Waals surface area contributed by atoms with Crippen molar-refractivity contribution in [1.82, 2.24) is 4.90 Å². The third-order valence-electron chi connectivity index (χ3n) is 6.13. The lowest BCUT2D eigenvalue weighted by Crippen LogP contribution is -2.46. The average Bonchev–Trinajstić information content (AvgIpc) is 3.17. The number of para-hydroxylation sites is 1. The number of benzene rings is 2. The van der Waals surface area contributed by atoms with Gasteiger partial charge >= 0.3 is 0 Å². The molecule has 3 heteroatoms. The van der Waals surface area contributed by atoms with Gasteiger partial charge in [-0.3, -0.25) is 4.90 Å². The van der Waals surface area contributed by atoms with E-state index in [0.29, 0.717) is 6.04 Å². The Labute approximate surface area is 176 Å². The lowest BCUT2D eigenvalue weighted by Gasteiger charge is -2.35. The van der Waals surface area contributed by atoms with E-state index in [2.05, 4.69) is 79.1 Å². The van der Waals surface area contributed by atoms with Crippen LogP contribution in [0.5, 0.6) is 0 Å². The van der Waals surface area contributed by atoms with Gasteiger partial charge in [0.15, 0.2) is 0 Å². The summed E-state index contributed by atoms with van der Waals surface area (Å²) in [6, 6.07) is 18.3. The summed E-state index contributed by atoms with van der Waals surface area (Å²) in [6.07, 6.45) is 3.65. The molecule has 0 spiro atoms. The molecule has 0 aliphatic carbocycles. The number of hydrogen-bond acceptors (Lipinski definition) is 3. The molecule has 1 saturated heterocycles. The second kappa shape index (κ2) is 8.89. The van der Waals surface area contributed by atoms with Crippen LogP contribution in [-0.4, -0.2) is 43.8 Å². The van der Waals surface area contributed by atoms with Crippen LogP contribution in [0.2, 0.25) is 0 Å². The molecule has 0 N–H and O–H groups in total. The molecule has 2 heterocycles. The Morgan fingerprint density at radius 3 is 2.28 bits per heavy atom. The predicted molar refractivity (Wildman–Crippen MR) is 122 cm³/mol. The van der Waals surface area contributed by atoms with E-state index < -0.39 is 0 Å². The monoisotopic (exact) mass is 392 g/mol. The number of ether oxygens (including phenoxy) is 1. The molecule has 29 heavy (non-hydrogen) atoms. The molecule has 2 aliphatic rings. The number of hydrogen-bond donors (Lipinski definition) is 0. The van der Waals surface area contributed by atoms with E-state index in [1.54, 1.807) is 0 Å². The van der Waals surface area contributed by atoms with Gasteiger partial charge in [-0.25, -0.2) is 0 Å². The summed E-state index contributed by atoms with van der Waals surface area (Å²) in [5.41, 5.74) is 5.96. The molecule has 2 aromatic carbocycles. The minimum absolute atomic E-state index is 0.212. The van der Waals surface area contributed by atoms with E-state index in [1.807, 2.05) is 0 Å². The maximum absolute atomic E-state index is 6.23. The minimum Gasteiger partial charge on any atom is -0.379 e. The van der Waals surface area contributed by atoms with E-state index in [-0.39, 0.29) is 5.41 Å². The average molecular weight is 393 g/mol. The second-order valence-electron chi connectivity index (χ2n) is 9.93. The van der Waals surface area contributed by atoms with Gasteiger partial charge in [-0.15, -0.1) is 0 Å². The van der Waals surface area contributed by atoms with Gasteiger partial charge in [-0.05, 0) is 60.5 Å². The lowest BCUT2D eigenvalue weighted by atomic mass is 9.99. The van der Waals surface area contributed by atoms with Crippen LogP contribution in [0.4, 0.5) is 5.69 Å². The van der Waals surface area contributed by atoms with Crippen molar-refractivity contribution in [3.63, 3.8) is 0 Å². The number of fused-ring (bicyclic) bond motifs is 2. The molecule has 0 amide bonds. The third-order valence-corrected chi connectivity index (χ3v) is 6.13. The van der Waals surface area contributed by atoms with Crippen molar-refractivity contribution < 1.29 is 4.74 Å². The molecule has 0 aromatic heterocycles. The van der Waals surface area contributed by atoms with Crippen molar-refractivity contribution in [2.24, 2.45) is 5.41 Å². The Hall–Kier alpha value is -1.84. The first kappa shape index (κ1) is 20.4. The predicted octanol–water partition coefficient (Wildman–Crippen LogP) is 5.12. The fourth-order valence-corrected chi connectivity index (χ4v) is 4.65.